The first-order chi connectivity index (χ1) is 7.70. The Morgan fingerprint density at radius 1 is 1.38 bits per heavy atom. The number of esters is 1. The van der Waals surface area contributed by atoms with Crippen molar-refractivity contribution >= 4 is 12.3 Å². The summed E-state index contributed by atoms with van der Waals surface area (Å²) in [7, 11) is 1.36. The number of benzene rings is 1. The molecule has 0 aromatic heterocycles. The number of hydrogen-bond acceptors (Lipinski definition) is 3. The van der Waals surface area contributed by atoms with Gasteiger partial charge >= 0.3 is 5.97 Å². The average Bonchev–Trinajstić information content (AvgIpc) is 2.35. The van der Waals surface area contributed by atoms with Crippen molar-refractivity contribution in [2.45, 2.75) is 19.3 Å². The molecule has 0 bridgehead atoms. The summed E-state index contributed by atoms with van der Waals surface area (Å²) >= 11 is 0. The van der Waals surface area contributed by atoms with Crippen LogP contribution in [0.5, 0.6) is 0 Å². The number of carbonyl (C=O) groups is 2. The monoisotopic (exact) mass is 220 g/mol. The topological polar surface area (TPSA) is 43.4 Å². The van der Waals surface area contributed by atoms with E-state index >= 15 is 0 Å². The number of carbonyl (C=O) groups excluding carboxylic acids is 2. The number of rotatable bonds is 5. The fourth-order valence-electron chi connectivity index (χ4n) is 1.78. The highest BCUT2D eigenvalue weighted by atomic mass is 16.5. The Morgan fingerprint density at radius 2 is 2.00 bits per heavy atom. The van der Waals surface area contributed by atoms with Gasteiger partial charge in [-0.15, -0.1) is 0 Å². The maximum absolute atomic E-state index is 11.5. The summed E-state index contributed by atoms with van der Waals surface area (Å²) in [5, 5.41) is 0. The highest BCUT2D eigenvalue weighted by molar-refractivity contribution is 5.74. The molecule has 3 nitrogen and oxygen atoms in total. The first-order valence-electron chi connectivity index (χ1n) is 5.27. The van der Waals surface area contributed by atoms with Crippen molar-refractivity contribution < 1.29 is 14.3 Å². The van der Waals surface area contributed by atoms with E-state index in [2.05, 4.69) is 0 Å². The van der Waals surface area contributed by atoms with Gasteiger partial charge in [0, 0.05) is 12.3 Å². The van der Waals surface area contributed by atoms with Crippen molar-refractivity contribution in [3.63, 3.8) is 0 Å². The van der Waals surface area contributed by atoms with Crippen LogP contribution in [0.2, 0.25) is 0 Å². The molecule has 0 aliphatic carbocycles. The summed E-state index contributed by atoms with van der Waals surface area (Å²) in [6.45, 7) is 1.78. The van der Waals surface area contributed by atoms with Crippen molar-refractivity contribution in [2.75, 3.05) is 7.11 Å². The lowest BCUT2D eigenvalue weighted by molar-refractivity contribution is -0.145. The van der Waals surface area contributed by atoms with Crippen LogP contribution in [0.4, 0.5) is 0 Å². The summed E-state index contributed by atoms with van der Waals surface area (Å²) in [6.07, 6.45) is 1.18. The number of methoxy groups -OCH3 is 1. The molecule has 0 aliphatic heterocycles. The first-order valence-corrected chi connectivity index (χ1v) is 5.27. The standard InChI is InChI=1S/C13H16O3/c1-10(13(15)16-2)12(8-9-14)11-6-4-3-5-7-11/h3-7,9-10,12H,8H2,1-2H3. The van der Waals surface area contributed by atoms with E-state index in [1.807, 2.05) is 30.3 Å². The summed E-state index contributed by atoms with van der Waals surface area (Å²) < 4.78 is 4.71. The van der Waals surface area contributed by atoms with Gasteiger partial charge in [0.05, 0.1) is 13.0 Å². The molecule has 0 saturated carbocycles. The molecule has 86 valence electrons. The minimum absolute atomic E-state index is 0.105. The zero-order valence-corrected chi connectivity index (χ0v) is 9.55. The molecular weight excluding hydrogens is 204 g/mol. The van der Waals surface area contributed by atoms with Crippen LogP contribution in [0.3, 0.4) is 0 Å². The largest absolute Gasteiger partial charge is 0.469 e. The van der Waals surface area contributed by atoms with E-state index in [9.17, 15) is 9.59 Å². The molecule has 0 spiro atoms. The van der Waals surface area contributed by atoms with Gasteiger partial charge in [-0.05, 0) is 5.56 Å². The second-order valence-electron chi connectivity index (χ2n) is 3.73. The van der Waals surface area contributed by atoms with E-state index in [0.29, 0.717) is 6.42 Å². The Balaban J connectivity index is 2.91. The lowest BCUT2D eigenvalue weighted by atomic mass is 9.85. The molecule has 0 aliphatic rings. The predicted octanol–water partition coefficient (Wildman–Crippen LogP) is 2.17. The Hall–Kier alpha value is -1.64. The van der Waals surface area contributed by atoms with Crippen molar-refractivity contribution in [3.05, 3.63) is 35.9 Å². The van der Waals surface area contributed by atoms with E-state index in [1.165, 1.54) is 7.11 Å². The third-order valence-corrected chi connectivity index (χ3v) is 2.75. The average molecular weight is 220 g/mol. The van der Waals surface area contributed by atoms with Crippen LogP contribution in [0.15, 0.2) is 30.3 Å². The quantitative estimate of drug-likeness (QED) is 0.564. The Bertz CT molecular complexity index is 345. The summed E-state index contributed by atoms with van der Waals surface area (Å²) in [6, 6.07) is 9.56. The molecule has 3 heteroatoms. The van der Waals surface area contributed by atoms with Gasteiger partial charge in [0.2, 0.25) is 0 Å². The fraction of sp³-hybridized carbons (Fsp3) is 0.385. The van der Waals surface area contributed by atoms with Crippen LogP contribution in [-0.4, -0.2) is 19.4 Å². The zero-order valence-electron chi connectivity index (χ0n) is 9.55. The van der Waals surface area contributed by atoms with Gasteiger partial charge in [-0.3, -0.25) is 4.79 Å². The van der Waals surface area contributed by atoms with Gasteiger partial charge in [0.1, 0.15) is 6.29 Å². The second kappa shape index (κ2) is 6.05. The molecule has 0 saturated heterocycles. The maximum atomic E-state index is 11.5. The fourth-order valence-corrected chi connectivity index (χ4v) is 1.78. The van der Waals surface area contributed by atoms with Crippen molar-refractivity contribution in [3.8, 4) is 0 Å². The molecule has 1 aromatic carbocycles. The molecule has 0 radical (unpaired) electrons. The molecule has 0 heterocycles. The van der Waals surface area contributed by atoms with E-state index in [1.54, 1.807) is 6.92 Å². The summed E-state index contributed by atoms with van der Waals surface area (Å²) in [4.78, 5) is 22.1. The van der Waals surface area contributed by atoms with Gasteiger partial charge < -0.3 is 9.53 Å². The summed E-state index contributed by atoms with van der Waals surface area (Å²) in [5.74, 6) is -0.695. The lowest BCUT2D eigenvalue weighted by Crippen LogP contribution is -2.21. The molecule has 16 heavy (non-hydrogen) atoms. The van der Waals surface area contributed by atoms with E-state index in [-0.39, 0.29) is 17.8 Å². The smallest absolute Gasteiger partial charge is 0.309 e. The summed E-state index contributed by atoms with van der Waals surface area (Å²) in [5.41, 5.74) is 0.993. The highest BCUT2D eigenvalue weighted by Crippen LogP contribution is 2.27. The van der Waals surface area contributed by atoms with Gasteiger partial charge in [0.15, 0.2) is 0 Å². The van der Waals surface area contributed by atoms with Gasteiger partial charge in [-0.1, -0.05) is 37.3 Å². The SMILES string of the molecule is COC(=O)C(C)C(CC=O)c1ccccc1. The van der Waals surface area contributed by atoms with Gasteiger partial charge in [-0.25, -0.2) is 0 Å². The van der Waals surface area contributed by atoms with Crippen LogP contribution in [-0.2, 0) is 14.3 Å². The van der Waals surface area contributed by atoms with Crippen LogP contribution in [0.25, 0.3) is 0 Å². The molecule has 0 N–H and O–H groups in total. The molecular formula is C13H16O3. The third-order valence-electron chi connectivity index (χ3n) is 2.75. The van der Waals surface area contributed by atoms with Crippen molar-refractivity contribution in [1.82, 2.24) is 0 Å². The van der Waals surface area contributed by atoms with E-state index < -0.39 is 0 Å². The predicted molar refractivity (Wildman–Crippen MR) is 61.0 cm³/mol. The van der Waals surface area contributed by atoms with Crippen molar-refractivity contribution in [1.29, 1.82) is 0 Å². The van der Waals surface area contributed by atoms with E-state index in [4.69, 9.17) is 4.74 Å². The van der Waals surface area contributed by atoms with Crippen LogP contribution in [0.1, 0.15) is 24.8 Å². The molecule has 0 fully saturated rings. The van der Waals surface area contributed by atoms with Gasteiger partial charge in [-0.2, -0.15) is 0 Å². The number of aldehydes is 1. The van der Waals surface area contributed by atoms with Gasteiger partial charge in [0.25, 0.3) is 0 Å². The highest BCUT2D eigenvalue weighted by Gasteiger charge is 2.25. The van der Waals surface area contributed by atoms with E-state index in [0.717, 1.165) is 11.8 Å². The Labute approximate surface area is 95.4 Å². The Morgan fingerprint density at radius 3 is 2.50 bits per heavy atom. The van der Waals surface area contributed by atoms with Crippen LogP contribution in [0, 0.1) is 5.92 Å². The lowest BCUT2D eigenvalue weighted by Gasteiger charge is -2.20. The maximum Gasteiger partial charge on any atom is 0.309 e. The van der Waals surface area contributed by atoms with Crippen LogP contribution >= 0.6 is 0 Å². The molecule has 0 amide bonds. The van der Waals surface area contributed by atoms with Crippen molar-refractivity contribution in [2.24, 2.45) is 5.92 Å². The first kappa shape index (κ1) is 12.4. The normalized spacial score (nSPS) is 13.9. The third kappa shape index (κ3) is 2.92. The number of hydrogen-bond donors (Lipinski definition) is 0. The second-order valence-corrected chi connectivity index (χ2v) is 3.73. The van der Waals surface area contributed by atoms with Crippen LogP contribution < -0.4 is 0 Å². The molecule has 2 unspecified atom stereocenters. The molecule has 1 rings (SSSR count). The Kier molecular flexibility index (Phi) is 4.70. The minimum atomic E-state index is -0.308. The number of ether oxygens (including phenoxy) is 1. The molecule has 2 atom stereocenters. The molecule has 1 aromatic rings. The zero-order chi connectivity index (χ0) is 12.0. The minimum Gasteiger partial charge on any atom is -0.469 e.